The smallest absolute Gasteiger partial charge is 0.429 e. The predicted molar refractivity (Wildman–Crippen MR) is 117 cm³/mol. The molecule has 5 rings (SSSR count). The highest BCUT2D eigenvalue weighted by atomic mass is 16.8. The average molecular weight is 465 g/mol. The van der Waals surface area contributed by atoms with Crippen molar-refractivity contribution in [2.75, 3.05) is 12.3 Å². The summed E-state index contributed by atoms with van der Waals surface area (Å²) in [5.41, 5.74) is 6.33. The maximum Gasteiger partial charge on any atom is 0.509 e. The molecule has 176 valence electrons. The standard InChI is InChI=1S/C23H23N5O6/c1-22(2)32-18-17(15-9-10-16-20(24)26-13-27-28(15)16)33-23(25-3,19(18)34-22)12-31-21(29)30-11-14-7-5-4-6-8-14/h4-10,13,17-19H,11-12H2,1-2H3,(H2,24,26,27)/t17-,18-,19-,23+/m0/s1. The summed E-state index contributed by atoms with van der Waals surface area (Å²) >= 11 is 0. The lowest BCUT2D eigenvalue weighted by Crippen LogP contribution is -2.45. The molecule has 0 aliphatic carbocycles. The summed E-state index contributed by atoms with van der Waals surface area (Å²) in [7, 11) is 0. The Morgan fingerprint density at radius 3 is 2.74 bits per heavy atom. The van der Waals surface area contributed by atoms with Crippen LogP contribution in [0.15, 0.2) is 48.8 Å². The number of aromatic nitrogens is 3. The van der Waals surface area contributed by atoms with Gasteiger partial charge in [-0.3, -0.25) is 9.58 Å². The van der Waals surface area contributed by atoms with Crippen LogP contribution in [0, 0.1) is 6.57 Å². The molecule has 2 aromatic heterocycles. The van der Waals surface area contributed by atoms with Crippen LogP contribution in [0.1, 0.15) is 31.2 Å². The van der Waals surface area contributed by atoms with Crippen LogP contribution in [0.5, 0.6) is 0 Å². The zero-order chi connectivity index (χ0) is 23.9. The number of ether oxygens (including phenoxy) is 5. The molecule has 2 aliphatic rings. The van der Waals surface area contributed by atoms with Crippen molar-refractivity contribution < 1.29 is 28.5 Å². The van der Waals surface area contributed by atoms with Crippen LogP contribution in [0.4, 0.5) is 10.6 Å². The molecule has 2 N–H and O–H groups in total. The van der Waals surface area contributed by atoms with E-state index in [0.717, 1.165) is 5.56 Å². The zero-order valence-electron chi connectivity index (χ0n) is 18.6. The third-order valence-corrected chi connectivity index (χ3v) is 5.79. The van der Waals surface area contributed by atoms with E-state index in [9.17, 15) is 4.79 Å². The fourth-order valence-corrected chi connectivity index (χ4v) is 4.29. The molecule has 1 aromatic carbocycles. The van der Waals surface area contributed by atoms with Gasteiger partial charge in [0.25, 0.3) is 0 Å². The Balaban J connectivity index is 1.38. The molecule has 0 amide bonds. The maximum absolute atomic E-state index is 12.3. The molecule has 0 spiro atoms. The Bertz CT molecular complexity index is 1260. The van der Waals surface area contributed by atoms with Gasteiger partial charge in [0.15, 0.2) is 17.7 Å². The molecule has 0 bridgehead atoms. The molecule has 2 fully saturated rings. The minimum absolute atomic E-state index is 0.0458. The summed E-state index contributed by atoms with van der Waals surface area (Å²) in [6, 6.07) is 12.7. The van der Waals surface area contributed by atoms with Crippen molar-refractivity contribution in [2.24, 2.45) is 0 Å². The van der Waals surface area contributed by atoms with E-state index in [1.54, 1.807) is 30.5 Å². The number of nitrogens with two attached hydrogens (primary N) is 1. The van der Waals surface area contributed by atoms with Crippen LogP contribution < -0.4 is 5.73 Å². The molecule has 0 radical (unpaired) electrons. The molecule has 0 saturated carbocycles. The lowest BCUT2D eigenvalue weighted by atomic mass is 10.0. The maximum atomic E-state index is 12.3. The number of benzene rings is 1. The van der Waals surface area contributed by atoms with E-state index in [0.29, 0.717) is 17.0 Å². The SMILES string of the molecule is [C-]#[N+][C@]1(COC(=O)OCc2ccccc2)O[C@@H](c2ccc3c(N)ncnn23)[C@@H]2OC(C)(C)O[C@@H]21. The van der Waals surface area contributed by atoms with Crippen molar-refractivity contribution in [3.05, 3.63) is 71.5 Å². The first kappa shape index (κ1) is 22.1. The number of rotatable bonds is 5. The molecule has 0 unspecified atom stereocenters. The third kappa shape index (κ3) is 3.81. The monoisotopic (exact) mass is 465 g/mol. The third-order valence-electron chi connectivity index (χ3n) is 5.79. The number of carbonyl (C=O) groups excluding carboxylic acids is 1. The second-order valence-corrected chi connectivity index (χ2v) is 8.53. The second-order valence-electron chi connectivity index (χ2n) is 8.53. The topological polar surface area (TPSA) is 124 Å². The molecular weight excluding hydrogens is 442 g/mol. The molecule has 2 aliphatic heterocycles. The van der Waals surface area contributed by atoms with E-state index < -0.39 is 42.6 Å². The van der Waals surface area contributed by atoms with Crippen molar-refractivity contribution in [3.63, 3.8) is 0 Å². The van der Waals surface area contributed by atoms with Crippen LogP contribution >= 0.6 is 0 Å². The van der Waals surface area contributed by atoms with E-state index in [4.69, 9.17) is 36.0 Å². The molecule has 4 atom stereocenters. The highest BCUT2D eigenvalue weighted by Gasteiger charge is 2.69. The normalized spacial score (nSPS) is 27.3. The van der Waals surface area contributed by atoms with Crippen molar-refractivity contribution in [1.82, 2.24) is 14.6 Å². The van der Waals surface area contributed by atoms with Gasteiger partial charge >= 0.3 is 11.9 Å². The number of fused-ring (bicyclic) bond motifs is 2. The Morgan fingerprint density at radius 1 is 1.18 bits per heavy atom. The lowest BCUT2D eigenvalue weighted by Gasteiger charge is -2.25. The summed E-state index contributed by atoms with van der Waals surface area (Å²) < 4.78 is 30.4. The van der Waals surface area contributed by atoms with Gasteiger partial charge in [-0.05, 0) is 31.5 Å². The van der Waals surface area contributed by atoms with Gasteiger partial charge in [0.2, 0.25) is 6.61 Å². The van der Waals surface area contributed by atoms with Gasteiger partial charge in [-0.15, -0.1) is 0 Å². The zero-order valence-corrected chi connectivity index (χ0v) is 18.6. The highest BCUT2D eigenvalue weighted by Crippen LogP contribution is 2.50. The molecular formula is C23H23N5O6. The van der Waals surface area contributed by atoms with E-state index in [-0.39, 0.29) is 6.61 Å². The first-order chi connectivity index (χ1) is 16.3. The molecule has 2 saturated heterocycles. The largest absolute Gasteiger partial charge is 0.509 e. The van der Waals surface area contributed by atoms with Gasteiger partial charge < -0.3 is 24.7 Å². The minimum atomic E-state index is -1.64. The van der Waals surface area contributed by atoms with Crippen LogP contribution in [0.2, 0.25) is 0 Å². The quantitative estimate of drug-likeness (QED) is 0.447. The van der Waals surface area contributed by atoms with Crippen LogP contribution in [0.25, 0.3) is 10.4 Å². The Morgan fingerprint density at radius 2 is 1.97 bits per heavy atom. The van der Waals surface area contributed by atoms with Crippen LogP contribution in [-0.4, -0.2) is 51.1 Å². The van der Waals surface area contributed by atoms with Crippen molar-refractivity contribution >= 4 is 17.5 Å². The Hall–Kier alpha value is -3.72. The number of nitrogen functional groups attached to an aromatic ring is 1. The molecule has 3 aromatic rings. The number of hydrogen-bond donors (Lipinski definition) is 1. The molecule has 34 heavy (non-hydrogen) atoms. The van der Waals surface area contributed by atoms with Gasteiger partial charge in [-0.2, -0.15) is 5.10 Å². The van der Waals surface area contributed by atoms with E-state index in [1.165, 1.54) is 6.33 Å². The summed E-state index contributed by atoms with van der Waals surface area (Å²) in [4.78, 5) is 20.0. The summed E-state index contributed by atoms with van der Waals surface area (Å²) in [6.45, 7) is 11.1. The molecule has 4 heterocycles. The van der Waals surface area contributed by atoms with Crippen LogP contribution in [-0.2, 0) is 30.3 Å². The highest BCUT2D eigenvalue weighted by molar-refractivity contribution is 5.65. The fourth-order valence-electron chi connectivity index (χ4n) is 4.29. The summed E-state index contributed by atoms with van der Waals surface area (Å²) in [5, 5.41) is 4.26. The van der Waals surface area contributed by atoms with Crippen molar-refractivity contribution in [3.8, 4) is 0 Å². The average Bonchev–Trinajstić information content (AvgIpc) is 3.48. The van der Waals surface area contributed by atoms with Gasteiger partial charge in [-0.1, -0.05) is 30.3 Å². The van der Waals surface area contributed by atoms with E-state index >= 15 is 0 Å². The summed E-state index contributed by atoms with van der Waals surface area (Å²) in [6.07, 6.45) is -1.79. The molecule has 11 heteroatoms. The van der Waals surface area contributed by atoms with Crippen molar-refractivity contribution in [1.29, 1.82) is 0 Å². The van der Waals surface area contributed by atoms with Crippen molar-refractivity contribution in [2.45, 2.75) is 50.3 Å². The van der Waals surface area contributed by atoms with Gasteiger partial charge in [0.1, 0.15) is 30.7 Å². The van der Waals surface area contributed by atoms with Crippen LogP contribution in [0.3, 0.4) is 0 Å². The van der Waals surface area contributed by atoms with E-state index in [2.05, 4.69) is 14.9 Å². The predicted octanol–water partition coefficient (Wildman–Crippen LogP) is 2.87. The minimum Gasteiger partial charge on any atom is -0.429 e. The molecule has 11 nitrogen and oxygen atoms in total. The second kappa shape index (κ2) is 8.25. The number of hydrogen-bond acceptors (Lipinski definition) is 9. The van der Waals surface area contributed by atoms with E-state index in [1.807, 2.05) is 30.3 Å². The van der Waals surface area contributed by atoms with Gasteiger partial charge in [0, 0.05) is 0 Å². The first-order valence-corrected chi connectivity index (χ1v) is 10.7. The number of carbonyl (C=O) groups is 1. The van der Waals surface area contributed by atoms with Gasteiger partial charge in [-0.25, -0.2) is 20.9 Å². The summed E-state index contributed by atoms with van der Waals surface area (Å²) in [5.74, 6) is -0.664. The Labute approximate surface area is 195 Å². The number of anilines is 1. The fraction of sp³-hybridized carbons (Fsp3) is 0.391. The lowest BCUT2D eigenvalue weighted by molar-refractivity contribution is -0.208. The van der Waals surface area contributed by atoms with Gasteiger partial charge in [0.05, 0.1) is 5.69 Å². The first-order valence-electron chi connectivity index (χ1n) is 10.7. The Kier molecular flexibility index (Phi) is 5.36. The number of nitrogens with zero attached hydrogens (tertiary/aromatic N) is 4.